The van der Waals surface area contributed by atoms with E-state index < -0.39 is 0 Å². The van der Waals surface area contributed by atoms with E-state index in [1.807, 2.05) is 24.1 Å². The van der Waals surface area contributed by atoms with Gasteiger partial charge in [-0.2, -0.15) is 0 Å². The summed E-state index contributed by atoms with van der Waals surface area (Å²) in [6.45, 7) is 1.67. The number of nitrogens with two attached hydrogens (primary N) is 1. The van der Waals surface area contributed by atoms with Crippen molar-refractivity contribution in [2.24, 2.45) is 17.6 Å². The molecular weight excluding hydrogens is 227 g/mol. The van der Waals surface area contributed by atoms with E-state index in [1.54, 1.807) is 6.07 Å². The summed E-state index contributed by atoms with van der Waals surface area (Å²) in [4.78, 5) is 2.04. The van der Waals surface area contributed by atoms with Crippen LogP contribution in [0.1, 0.15) is 25.7 Å². The molecule has 1 fully saturated rings. The predicted octanol–water partition coefficient (Wildman–Crippen LogP) is 3.03. The molecule has 1 aliphatic carbocycles. The summed E-state index contributed by atoms with van der Waals surface area (Å²) in [5, 5.41) is 0. The van der Waals surface area contributed by atoms with Crippen LogP contribution < -0.4 is 10.6 Å². The highest BCUT2D eigenvalue weighted by Crippen LogP contribution is 2.31. The lowest BCUT2D eigenvalue weighted by Crippen LogP contribution is -2.35. The van der Waals surface area contributed by atoms with Gasteiger partial charge in [0.15, 0.2) is 0 Å². The number of nitrogens with zero attached hydrogens (tertiary/aromatic N) is 1. The zero-order chi connectivity index (χ0) is 13.0. The Balaban J connectivity index is 2.02. The third-order valence-electron chi connectivity index (χ3n) is 4.14. The number of rotatable bonds is 4. The average Bonchev–Trinajstić information content (AvgIpc) is 2.39. The number of anilines is 1. The van der Waals surface area contributed by atoms with Crippen molar-refractivity contribution in [1.82, 2.24) is 0 Å². The first kappa shape index (κ1) is 13.3. The molecule has 2 unspecified atom stereocenters. The van der Waals surface area contributed by atoms with Crippen molar-refractivity contribution in [1.29, 1.82) is 0 Å². The number of hydrogen-bond acceptors (Lipinski definition) is 2. The molecule has 0 saturated heterocycles. The van der Waals surface area contributed by atoms with E-state index in [0.29, 0.717) is 17.5 Å². The zero-order valence-corrected chi connectivity index (χ0v) is 11.1. The van der Waals surface area contributed by atoms with Crippen LogP contribution in [0.4, 0.5) is 10.1 Å². The largest absolute Gasteiger partial charge is 0.372 e. The molecule has 1 aliphatic rings. The molecule has 1 saturated carbocycles. The quantitative estimate of drug-likeness (QED) is 0.890. The Bertz CT molecular complexity index is 381. The van der Waals surface area contributed by atoms with E-state index in [2.05, 4.69) is 0 Å². The molecule has 2 nitrogen and oxygen atoms in total. The standard InChI is InChI=1S/C15H23FN2/c1-18(15-9-5-4-8-14(15)16)11-13-7-3-2-6-12(13)10-17/h4-5,8-9,12-13H,2-3,6-7,10-11,17H2,1H3. The van der Waals surface area contributed by atoms with E-state index in [9.17, 15) is 4.39 Å². The molecule has 1 aromatic rings. The fraction of sp³-hybridized carbons (Fsp3) is 0.600. The third kappa shape index (κ3) is 3.02. The maximum Gasteiger partial charge on any atom is 0.146 e. The number of hydrogen-bond donors (Lipinski definition) is 1. The van der Waals surface area contributed by atoms with Gasteiger partial charge < -0.3 is 10.6 Å². The second kappa shape index (κ2) is 6.19. The molecule has 0 amide bonds. The van der Waals surface area contributed by atoms with E-state index >= 15 is 0 Å². The van der Waals surface area contributed by atoms with Gasteiger partial charge in [-0.05, 0) is 43.4 Å². The molecule has 100 valence electrons. The molecule has 0 heterocycles. The minimum absolute atomic E-state index is 0.139. The summed E-state index contributed by atoms with van der Waals surface area (Å²) >= 11 is 0. The highest BCUT2D eigenvalue weighted by Gasteiger charge is 2.25. The van der Waals surface area contributed by atoms with Gasteiger partial charge in [-0.15, -0.1) is 0 Å². The molecule has 1 aromatic carbocycles. The van der Waals surface area contributed by atoms with E-state index in [4.69, 9.17) is 5.73 Å². The highest BCUT2D eigenvalue weighted by atomic mass is 19.1. The zero-order valence-electron chi connectivity index (χ0n) is 11.1. The van der Waals surface area contributed by atoms with Crippen molar-refractivity contribution in [3.8, 4) is 0 Å². The van der Waals surface area contributed by atoms with Gasteiger partial charge in [0.25, 0.3) is 0 Å². The van der Waals surface area contributed by atoms with Gasteiger partial charge in [-0.25, -0.2) is 4.39 Å². The van der Waals surface area contributed by atoms with Gasteiger partial charge >= 0.3 is 0 Å². The molecule has 2 atom stereocenters. The van der Waals surface area contributed by atoms with E-state index in [0.717, 1.165) is 13.1 Å². The van der Waals surface area contributed by atoms with Crippen molar-refractivity contribution in [3.63, 3.8) is 0 Å². The first-order valence-electron chi connectivity index (χ1n) is 6.88. The van der Waals surface area contributed by atoms with Crippen LogP contribution in [0, 0.1) is 17.7 Å². The van der Waals surface area contributed by atoms with Gasteiger partial charge in [0.05, 0.1) is 5.69 Å². The summed E-state index contributed by atoms with van der Waals surface area (Å²) in [6, 6.07) is 6.98. The van der Waals surface area contributed by atoms with Crippen molar-refractivity contribution in [2.45, 2.75) is 25.7 Å². The first-order chi connectivity index (χ1) is 8.72. The van der Waals surface area contributed by atoms with Crippen molar-refractivity contribution >= 4 is 5.69 Å². The van der Waals surface area contributed by atoms with Crippen LogP contribution in [0.3, 0.4) is 0 Å². The van der Waals surface area contributed by atoms with Crippen molar-refractivity contribution in [2.75, 3.05) is 25.0 Å². The lowest BCUT2D eigenvalue weighted by molar-refractivity contribution is 0.247. The Hall–Kier alpha value is -1.09. The van der Waals surface area contributed by atoms with Crippen LogP contribution in [0.2, 0.25) is 0 Å². The van der Waals surface area contributed by atoms with Gasteiger partial charge in [0, 0.05) is 13.6 Å². The minimum Gasteiger partial charge on any atom is -0.372 e. The summed E-state index contributed by atoms with van der Waals surface area (Å²) in [6.07, 6.45) is 5.03. The van der Waals surface area contributed by atoms with Crippen LogP contribution in [0.5, 0.6) is 0 Å². The van der Waals surface area contributed by atoms with Gasteiger partial charge in [0.2, 0.25) is 0 Å². The van der Waals surface area contributed by atoms with Crippen LogP contribution >= 0.6 is 0 Å². The fourth-order valence-electron chi connectivity index (χ4n) is 3.05. The first-order valence-corrected chi connectivity index (χ1v) is 6.88. The number of benzene rings is 1. The second-order valence-electron chi connectivity index (χ2n) is 5.37. The Morgan fingerprint density at radius 2 is 1.89 bits per heavy atom. The molecular formula is C15H23FN2. The van der Waals surface area contributed by atoms with Crippen LogP contribution in [-0.2, 0) is 0 Å². The smallest absolute Gasteiger partial charge is 0.146 e. The minimum atomic E-state index is -0.139. The SMILES string of the molecule is CN(CC1CCCCC1CN)c1ccccc1F. The molecule has 0 aliphatic heterocycles. The molecule has 18 heavy (non-hydrogen) atoms. The van der Waals surface area contributed by atoms with Crippen LogP contribution in [0.25, 0.3) is 0 Å². The fourth-order valence-corrected chi connectivity index (χ4v) is 3.05. The summed E-state index contributed by atoms with van der Waals surface area (Å²) in [5.74, 6) is 1.07. The number of para-hydroxylation sites is 1. The monoisotopic (exact) mass is 250 g/mol. The Kier molecular flexibility index (Phi) is 4.59. The van der Waals surface area contributed by atoms with Crippen molar-refractivity contribution in [3.05, 3.63) is 30.1 Å². The Labute approximate surface area is 109 Å². The lowest BCUT2D eigenvalue weighted by Gasteiger charge is -2.34. The summed E-state index contributed by atoms with van der Waals surface area (Å²) in [5.41, 5.74) is 6.54. The van der Waals surface area contributed by atoms with Crippen molar-refractivity contribution < 1.29 is 4.39 Å². The highest BCUT2D eigenvalue weighted by molar-refractivity contribution is 5.46. The summed E-state index contributed by atoms with van der Waals surface area (Å²) < 4.78 is 13.7. The third-order valence-corrected chi connectivity index (χ3v) is 4.14. The van der Waals surface area contributed by atoms with Gasteiger partial charge in [-0.3, -0.25) is 0 Å². The Morgan fingerprint density at radius 3 is 2.56 bits per heavy atom. The summed E-state index contributed by atoms with van der Waals surface area (Å²) in [7, 11) is 1.97. The molecule has 2 N–H and O–H groups in total. The average molecular weight is 250 g/mol. The van der Waals surface area contributed by atoms with Crippen LogP contribution in [0.15, 0.2) is 24.3 Å². The second-order valence-corrected chi connectivity index (χ2v) is 5.37. The molecule has 0 spiro atoms. The molecule has 0 bridgehead atoms. The maximum atomic E-state index is 13.7. The molecule has 0 aromatic heterocycles. The van der Waals surface area contributed by atoms with Gasteiger partial charge in [-0.1, -0.05) is 25.0 Å². The Morgan fingerprint density at radius 1 is 1.22 bits per heavy atom. The molecule has 3 heteroatoms. The maximum absolute atomic E-state index is 13.7. The van der Waals surface area contributed by atoms with E-state index in [1.165, 1.54) is 31.7 Å². The molecule has 0 radical (unpaired) electrons. The molecule has 2 rings (SSSR count). The topological polar surface area (TPSA) is 29.3 Å². The number of halogens is 1. The predicted molar refractivity (Wildman–Crippen MR) is 74.2 cm³/mol. The normalized spacial score (nSPS) is 23.9. The van der Waals surface area contributed by atoms with Gasteiger partial charge in [0.1, 0.15) is 5.82 Å². The van der Waals surface area contributed by atoms with E-state index in [-0.39, 0.29) is 5.82 Å². The lowest BCUT2D eigenvalue weighted by atomic mass is 9.79. The van der Waals surface area contributed by atoms with Crippen LogP contribution in [-0.4, -0.2) is 20.1 Å².